The van der Waals surface area contributed by atoms with Gasteiger partial charge in [-0.3, -0.25) is 10.1 Å². The van der Waals surface area contributed by atoms with E-state index >= 15 is 0 Å². The molecule has 8 nitrogen and oxygen atoms in total. The summed E-state index contributed by atoms with van der Waals surface area (Å²) in [7, 11) is -0.958. The maximum atomic E-state index is 12.7. The van der Waals surface area contributed by atoms with Gasteiger partial charge in [0.25, 0.3) is 5.69 Å². The Morgan fingerprint density at radius 2 is 1.73 bits per heavy atom. The number of nitrogens with zero attached hydrogens (tertiary/aromatic N) is 1. The molecule has 2 aromatic carbocycles. The highest BCUT2D eigenvalue weighted by molar-refractivity contribution is 7.89. The van der Waals surface area contributed by atoms with Crippen molar-refractivity contribution in [3.8, 4) is 11.5 Å². The minimum absolute atomic E-state index is 0.126. The van der Waals surface area contributed by atoms with E-state index in [0.29, 0.717) is 22.6 Å². The molecule has 2 aromatic rings. The molecule has 0 saturated heterocycles. The standard InChI is InChI=1S/C17H20N2O6S/c1-11-5-7-14(19(20)21)10-17(11)26(22,23)18-12(2)13-6-8-15(24-3)16(9-13)25-4/h5-10,12,18H,1-4H3/t12-/m0/s1. The topological polar surface area (TPSA) is 108 Å². The zero-order valence-corrected chi connectivity index (χ0v) is 15.7. The van der Waals surface area contributed by atoms with Crippen molar-refractivity contribution in [2.75, 3.05) is 14.2 Å². The van der Waals surface area contributed by atoms with Crippen LogP contribution in [0.1, 0.15) is 24.1 Å². The molecular weight excluding hydrogens is 360 g/mol. The van der Waals surface area contributed by atoms with Crippen molar-refractivity contribution >= 4 is 15.7 Å². The molecule has 9 heteroatoms. The summed E-state index contributed by atoms with van der Waals surface area (Å²) in [5.41, 5.74) is 0.798. The lowest BCUT2D eigenvalue weighted by atomic mass is 10.1. The first-order chi connectivity index (χ1) is 12.2. The van der Waals surface area contributed by atoms with Crippen LogP contribution < -0.4 is 14.2 Å². The number of methoxy groups -OCH3 is 2. The summed E-state index contributed by atoms with van der Waals surface area (Å²) in [5, 5.41) is 10.9. The van der Waals surface area contributed by atoms with Gasteiger partial charge in [0.15, 0.2) is 11.5 Å². The molecule has 1 N–H and O–H groups in total. The molecule has 0 saturated carbocycles. The van der Waals surface area contributed by atoms with Crippen LogP contribution in [-0.2, 0) is 10.0 Å². The van der Waals surface area contributed by atoms with E-state index in [1.165, 1.54) is 26.4 Å². The highest BCUT2D eigenvalue weighted by Gasteiger charge is 2.23. The number of nitrogens with one attached hydrogen (secondary N) is 1. The van der Waals surface area contributed by atoms with Gasteiger partial charge in [0, 0.05) is 18.2 Å². The lowest BCUT2D eigenvalue weighted by Crippen LogP contribution is -2.27. The van der Waals surface area contributed by atoms with Crippen molar-refractivity contribution in [2.24, 2.45) is 0 Å². The minimum Gasteiger partial charge on any atom is -0.493 e. The smallest absolute Gasteiger partial charge is 0.270 e. The van der Waals surface area contributed by atoms with Crippen LogP contribution in [-0.4, -0.2) is 27.6 Å². The zero-order valence-electron chi connectivity index (χ0n) is 14.8. The van der Waals surface area contributed by atoms with Gasteiger partial charge in [-0.1, -0.05) is 12.1 Å². The molecule has 0 heterocycles. The number of nitro benzene ring substituents is 1. The molecule has 1 atom stereocenters. The largest absolute Gasteiger partial charge is 0.493 e. The number of sulfonamides is 1. The fourth-order valence-corrected chi connectivity index (χ4v) is 3.97. The normalized spacial score (nSPS) is 12.5. The van der Waals surface area contributed by atoms with Gasteiger partial charge in [-0.2, -0.15) is 0 Å². The number of aryl methyl sites for hydroxylation is 1. The van der Waals surface area contributed by atoms with E-state index in [-0.39, 0.29) is 10.6 Å². The lowest BCUT2D eigenvalue weighted by Gasteiger charge is -2.17. The second kappa shape index (κ2) is 7.71. The van der Waals surface area contributed by atoms with Crippen LogP contribution in [0.3, 0.4) is 0 Å². The van der Waals surface area contributed by atoms with Gasteiger partial charge < -0.3 is 9.47 Å². The molecular formula is C17H20N2O6S. The predicted molar refractivity (Wildman–Crippen MR) is 96.1 cm³/mol. The number of rotatable bonds is 7. The summed E-state index contributed by atoms with van der Waals surface area (Å²) >= 11 is 0. The van der Waals surface area contributed by atoms with Crippen LogP contribution in [0.2, 0.25) is 0 Å². The third kappa shape index (κ3) is 4.12. The maximum Gasteiger partial charge on any atom is 0.270 e. The van der Waals surface area contributed by atoms with Crippen LogP contribution in [0.5, 0.6) is 11.5 Å². The number of hydrogen-bond donors (Lipinski definition) is 1. The first kappa shape index (κ1) is 19.7. The number of ether oxygens (including phenoxy) is 2. The van der Waals surface area contributed by atoms with Gasteiger partial charge >= 0.3 is 0 Å². The Morgan fingerprint density at radius 3 is 2.31 bits per heavy atom. The number of benzene rings is 2. The van der Waals surface area contributed by atoms with E-state index in [4.69, 9.17) is 9.47 Å². The summed E-state index contributed by atoms with van der Waals surface area (Å²) in [6.45, 7) is 3.25. The van der Waals surface area contributed by atoms with Crippen molar-refractivity contribution < 1.29 is 22.8 Å². The first-order valence-electron chi connectivity index (χ1n) is 7.69. The Kier molecular flexibility index (Phi) is 5.83. The predicted octanol–water partition coefficient (Wildman–Crippen LogP) is 2.96. The molecule has 0 fully saturated rings. The minimum atomic E-state index is -3.96. The molecule has 0 bridgehead atoms. The molecule has 0 aliphatic heterocycles. The van der Waals surface area contributed by atoms with E-state index < -0.39 is 21.0 Å². The van der Waals surface area contributed by atoms with Gasteiger partial charge in [0.05, 0.1) is 24.0 Å². The molecule has 140 valence electrons. The van der Waals surface area contributed by atoms with E-state index in [1.54, 1.807) is 32.0 Å². The van der Waals surface area contributed by atoms with Crippen molar-refractivity contribution in [2.45, 2.75) is 24.8 Å². The number of nitro groups is 1. The highest BCUT2D eigenvalue weighted by Crippen LogP contribution is 2.31. The average Bonchev–Trinajstić information content (AvgIpc) is 2.60. The van der Waals surface area contributed by atoms with Crippen LogP contribution in [0.4, 0.5) is 5.69 Å². The number of hydrogen-bond acceptors (Lipinski definition) is 6. The van der Waals surface area contributed by atoms with E-state index in [9.17, 15) is 18.5 Å². The van der Waals surface area contributed by atoms with Gasteiger partial charge in [-0.15, -0.1) is 0 Å². The van der Waals surface area contributed by atoms with Crippen LogP contribution in [0.15, 0.2) is 41.3 Å². The maximum absolute atomic E-state index is 12.7. The van der Waals surface area contributed by atoms with Crippen LogP contribution >= 0.6 is 0 Å². The molecule has 0 spiro atoms. The first-order valence-corrected chi connectivity index (χ1v) is 9.17. The third-order valence-electron chi connectivity index (χ3n) is 3.91. The molecule has 2 rings (SSSR count). The summed E-state index contributed by atoms with van der Waals surface area (Å²) in [4.78, 5) is 10.2. The van der Waals surface area contributed by atoms with Crippen LogP contribution in [0, 0.1) is 17.0 Å². The highest BCUT2D eigenvalue weighted by atomic mass is 32.2. The zero-order chi connectivity index (χ0) is 19.5. The molecule has 0 amide bonds. The average molecular weight is 380 g/mol. The number of non-ortho nitro benzene ring substituents is 1. The molecule has 0 radical (unpaired) electrons. The van der Waals surface area contributed by atoms with E-state index in [2.05, 4.69) is 4.72 Å². The van der Waals surface area contributed by atoms with E-state index in [0.717, 1.165) is 6.07 Å². The Balaban J connectivity index is 2.35. The van der Waals surface area contributed by atoms with E-state index in [1.807, 2.05) is 0 Å². The summed E-state index contributed by atoms with van der Waals surface area (Å²) in [6.07, 6.45) is 0. The lowest BCUT2D eigenvalue weighted by molar-refractivity contribution is -0.385. The second-order valence-corrected chi connectivity index (χ2v) is 7.35. The monoisotopic (exact) mass is 380 g/mol. The quantitative estimate of drug-likeness (QED) is 0.584. The van der Waals surface area contributed by atoms with Crippen molar-refractivity contribution in [3.05, 3.63) is 57.6 Å². The van der Waals surface area contributed by atoms with Gasteiger partial charge in [0.2, 0.25) is 10.0 Å². The molecule has 0 unspecified atom stereocenters. The fourth-order valence-electron chi connectivity index (χ4n) is 2.48. The Morgan fingerprint density at radius 1 is 1.08 bits per heavy atom. The fraction of sp³-hybridized carbons (Fsp3) is 0.294. The Bertz CT molecular complexity index is 927. The molecule has 0 aliphatic rings. The van der Waals surface area contributed by atoms with Crippen molar-refractivity contribution in [1.29, 1.82) is 0 Å². The summed E-state index contributed by atoms with van der Waals surface area (Å²) in [5.74, 6) is 1.00. The van der Waals surface area contributed by atoms with Gasteiger partial charge in [-0.25, -0.2) is 13.1 Å². The second-order valence-electron chi connectivity index (χ2n) is 5.66. The van der Waals surface area contributed by atoms with Gasteiger partial charge in [-0.05, 0) is 37.1 Å². The van der Waals surface area contributed by atoms with Gasteiger partial charge in [0.1, 0.15) is 0 Å². The molecule has 0 aromatic heterocycles. The Labute approximate surface area is 152 Å². The summed E-state index contributed by atoms with van der Waals surface area (Å²) in [6, 6.07) is 8.22. The Hall–Kier alpha value is -2.65. The third-order valence-corrected chi connectivity index (χ3v) is 5.59. The molecule has 26 heavy (non-hydrogen) atoms. The van der Waals surface area contributed by atoms with Crippen molar-refractivity contribution in [3.63, 3.8) is 0 Å². The molecule has 0 aliphatic carbocycles. The van der Waals surface area contributed by atoms with Crippen molar-refractivity contribution in [1.82, 2.24) is 4.72 Å². The summed E-state index contributed by atoms with van der Waals surface area (Å²) < 4.78 is 38.3. The SMILES string of the molecule is COc1ccc([C@H](C)NS(=O)(=O)c2cc([N+](=O)[O-])ccc2C)cc1OC. The van der Waals surface area contributed by atoms with Crippen LogP contribution in [0.25, 0.3) is 0 Å².